The first kappa shape index (κ1) is 19.3. The van der Waals surface area contributed by atoms with E-state index in [1.165, 1.54) is 0 Å². The van der Waals surface area contributed by atoms with Gasteiger partial charge in [0.1, 0.15) is 0 Å². The summed E-state index contributed by atoms with van der Waals surface area (Å²) < 4.78 is 3.52. The summed E-state index contributed by atoms with van der Waals surface area (Å²) in [4.78, 5) is 13.1. The van der Waals surface area contributed by atoms with Gasteiger partial charge in [-0.3, -0.25) is 4.79 Å². The summed E-state index contributed by atoms with van der Waals surface area (Å²) in [5.41, 5.74) is 3.21. The Morgan fingerprint density at radius 2 is 1.09 bits per heavy atom. The number of hydrogen-bond acceptors (Lipinski definition) is 1. The standard InChI is InChI=1S/C15H8Br6O/c16-5-11-9(1-7(18)3-13(11)20)15(22)10-2-8(19)4-14(21)12(10)6-17/h1-4H,5-6H2. The molecule has 2 aromatic rings. The number of carbonyl (C=O) groups is 1. The minimum Gasteiger partial charge on any atom is -0.289 e. The molecule has 0 N–H and O–H groups in total. The Hall–Kier alpha value is 0.990. The Bertz CT molecular complexity index is 680. The average molecular weight is 684 g/mol. The van der Waals surface area contributed by atoms with Crippen LogP contribution >= 0.6 is 95.6 Å². The summed E-state index contributed by atoms with van der Waals surface area (Å²) in [6.45, 7) is 0. The van der Waals surface area contributed by atoms with E-state index in [2.05, 4.69) is 95.6 Å². The van der Waals surface area contributed by atoms with Gasteiger partial charge in [-0.05, 0) is 35.4 Å². The van der Waals surface area contributed by atoms with Crippen molar-refractivity contribution in [2.24, 2.45) is 0 Å². The number of halogens is 6. The Morgan fingerprint density at radius 1 is 0.727 bits per heavy atom. The SMILES string of the molecule is O=C(c1cc(Br)cc(Br)c1CBr)c1cc(Br)cc(Br)c1CBr. The maximum atomic E-state index is 13.1. The molecule has 0 radical (unpaired) electrons. The predicted octanol–water partition coefficient (Wildman–Crippen LogP) is 7.76. The summed E-state index contributed by atoms with van der Waals surface area (Å²) in [6, 6.07) is 7.60. The van der Waals surface area contributed by atoms with Crippen molar-refractivity contribution in [1.82, 2.24) is 0 Å². The van der Waals surface area contributed by atoms with E-state index in [1.54, 1.807) is 0 Å². The lowest BCUT2D eigenvalue weighted by molar-refractivity contribution is 0.103. The van der Waals surface area contributed by atoms with Gasteiger partial charge in [-0.2, -0.15) is 0 Å². The van der Waals surface area contributed by atoms with Crippen LogP contribution in [0.25, 0.3) is 0 Å². The second-order valence-electron chi connectivity index (χ2n) is 4.42. The van der Waals surface area contributed by atoms with E-state index >= 15 is 0 Å². The first-order valence-electron chi connectivity index (χ1n) is 6.01. The molecule has 0 fully saturated rings. The highest BCUT2D eigenvalue weighted by Crippen LogP contribution is 2.33. The van der Waals surface area contributed by atoms with Gasteiger partial charge >= 0.3 is 0 Å². The smallest absolute Gasteiger partial charge is 0.193 e. The van der Waals surface area contributed by atoms with Crippen LogP contribution in [0.1, 0.15) is 27.0 Å². The molecule has 0 bridgehead atoms. The largest absolute Gasteiger partial charge is 0.289 e. The molecule has 0 aliphatic carbocycles. The van der Waals surface area contributed by atoms with Crippen LogP contribution in [-0.2, 0) is 10.7 Å². The van der Waals surface area contributed by atoms with Gasteiger partial charge < -0.3 is 0 Å². The molecule has 2 rings (SSSR count). The number of alkyl halides is 2. The molecule has 0 spiro atoms. The highest BCUT2D eigenvalue weighted by Gasteiger charge is 2.20. The van der Waals surface area contributed by atoms with Crippen LogP contribution in [0.5, 0.6) is 0 Å². The van der Waals surface area contributed by atoms with Crippen LogP contribution in [0.2, 0.25) is 0 Å². The third-order valence-electron chi connectivity index (χ3n) is 3.08. The minimum absolute atomic E-state index is 0.00657. The third-order valence-corrected chi connectivity index (χ3v) is 6.53. The lowest BCUT2D eigenvalue weighted by atomic mass is 9.96. The van der Waals surface area contributed by atoms with E-state index in [0.29, 0.717) is 21.8 Å². The zero-order valence-electron chi connectivity index (χ0n) is 10.9. The van der Waals surface area contributed by atoms with Gasteiger partial charge in [0.05, 0.1) is 0 Å². The molecule has 0 saturated heterocycles. The number of carbonyl (C=O) groups excluding carboxylic acids is 1. The molecular weight excluding hydrogens is 676 g/mol. The molecule has 0 aliphatic heterocycles. The Balaban J connectivity index is 2.68. The van der Waals surface area contributed by atoms with Gasteiger partial charge in [0.15, 0.2) is 5.78 Å². The van der Waals surface area contributed by atoms with Crippen LogP contribution < -0.4 is 0 Å². The quantitative estimate of drug-likeness (QED) is 0.238. The molecule has 0 unspecified atom stereocenters. The fourth-order valence-corrected chi connectivity index (χ4v) is 6.72. The molecule has 7 heteroatoms. The molecule has 1 nitrogen and oxygen atoms in total. The third kappa shape index (κ3) is 4.14. The molecule has 0 amide bonds. The summed E-state index contributed by atoms with van der Waals surface area (Å²) in [6.07, 6.45) is 0. The average Bonchev–Trinajstić information content (AvgIpc) is 2.45. The normalized spacial score (nSPS) is 10.8. The number of hydrogen-bond donors (Lipinski definition) is 0. The van der Waals surface area contributed by atoms with Crippen molar-refractivity contribution in [3.05, 3.63) is 64.4 Å². The van der Waals surface area contributed by atoms with Crippen molar-refractivity contribution in [3.63, 3.8) is 0 Å². The number of benzene rings is 2. The molecule has 116 valence electrons. The second kappa shape index (κ2) is 8.39. The van der Waals surface area contributed by atoms with Crippen LogP contribution in [0, 0.1) is 0 Å². The number of rotatable bonds is 4. The summed E-state index contributed by atoms with van der Waals surface area (Å²) in [5, 5.41) is 1.20. The summed E-state index contributed by atoms with van der Waals surface area (Å²) in [7, 11) is 0. The number of ketones is 1. The lowest BCUT2D eigenvalue weighted by Gasteiger charge is -2.13. The summed E-state index contributed by atoms with van der Waals surface area (Å²) >= 11 is 20.9. The Morgan fingerprint density at radius 3 is 1.41 bits per heavy atom. The van der Waals surface area contributed by atoms with Crippen molar-refractivity contribution in [2.45, 2.75) is 10.7 Å². The van der Waals surface area contributed by atoms with Crippen LogP contribution in [0.15, 0.2) is 42.2 Å². The molecule has 2 aromatic carbocycles. The first-order valence-corrected chi connectivity index (χ1v) is 11.4. The maximum absolute atomic E-state index is 13.1. The van der Waals surface area contributed by atoms with Crippen molar-refractivity contribution in [2.75, 3.05) is 0 Å². The van der Waals surface area contributed by atoms with E-state index in [4.69, 9.17) is 0 Å². The maximum Gasteiger partial charge on any atom is 0.193 e. The summed E-state index contributed by atoms with van der Waals surface area (Å²) in [5.74, 6) is -0.00657. The van der Waals surface area contributed by atoms with Gasteiger partial charge in [-0.15, -0.1) is 0 Å². The van der Waals surface area contributed by atoms with Crippen molar-refractivity contribution >= 4 is 101 Å². The van der Waals surface area contributed by atoms with Crippen LogP contribution in [-0.4, -0.2) is 5.78 Å². The van der Waals surface area contributed by atoms with E-state index in [9.17, 15) is 4.79 Å². The molecule has 0 aliphatic rings. The monoisotopic (exact) mass is 678 g/mol. The zero-order valence-corrected chi connectivity index (χ0v) is 20.4. The minimum atomic E-state index is -0.00657. The highest BCUT2D eigenvalue weighted by molar-refractivity contribution is 9.11. The van der Waals surface area contributed by atoms with E-state index < -0.39 is 0 Å². The molecule has 22 heavy (non-hydrogen) atoms. The lowest BCUT2D eigenvalue weighted by Crippen LogP contribution is -2.09. The van der Waals surface area contributed by atoms with Gasteiger partial charge in [0, 0.05) is 39.7 Å². The predicted molar refractivity (Wildman–Crippen MR) is 112 cm³/mol. The van der Waals surface area contributed by atoms with Crippen LogP contribution in [0.4, 0.5) is 0 Å². The molecule has 0 atom stereocenters. The van der Waals surface area contributed by atoms with Crippen molar-refractivity contribution in [3.8, 4) is 0 Å². The van der Waals surface area contributed by atoms with Crippen molar-refractivity contribution < 1.29 is 4.79 Å². The fraction of sp³-hybridized carbons (Fsp3) is 0.133. The molecular formula is C15H8Br6O. The van der Waals surface area contributed by atoms with Crippen LogP contribution in [0.3, 0.4) is 0 Å². The van der Waals surface area contributed by atoms with Gasteiger partial charge in [0.25, 0.3) is 0 Å². The molecule has 0 aromatic heterocycles. The van der Waals surface area contributed by atoms with E-state index in [-0.39, 0.29) is 5.78 Å². The fourth-order valence-electron chi connectivity index (χ4n) is 2.03. The van der Waals surface area contributed by atoms with E-state index in [1.807, 2.05) is 24.3 Å². The van der Waals surface area contributed by atoms with Gasteiger partial charge in [-0.1, -0.05) is 95.6 Å². The molecule has 0 saturated carbocycles. The Kier molecular flexibility index (Phi) is 7.36. The van der Waals surface area contributed by atoms with E-state index in [0.717, 1.165) is 29.0 Å². The second-order valence-corrected chi connectivity index (χ2v) is 9.09. The topological polar surface area (TPSA) is 17.1 Å². The highest BCUT2D eigenvalue weighted by atomic mass is 79.9. The van der Waals surface area contributed by atoms with Gasteiger partial charge in [-0.25, -0.2) is 0 Å². The first-order chi connectivity index (χ1) is 10.4. The Labute approximate surface area is 179 Å². The molecule has 0 heterocycles. The zero-order chi connectivity index (χ0) is 16.4. The van der Waals surface area contributed by atoms with Crippen molar-refractivity contribution in [1.29, 1.82) is 0 Å². The van der Waals surface area contributed by atoms with Gasteiger partial charge in [0.2, 0.25) is 0 Å².